The Bertz CT molecular complexity index is 1500. The van der Waals surface area contributed by atoms with Crippen LogP contribution in [-0.2, 0) is 28.9 Å². The molecule has 214 valence electrons. The third kappa shape index (κ3) is 5.64. The first kappa shape index (κ1) is 27.2. The van der Waals surface area contributed by atoms with Crippen LogP contribution in [0.2, 0.25) is 0 Å². The van der Waals surface area contributed by atoms with E-state index in [1.165, 1.54) is 27.6 Å². The van der Waals surface area contributed by atoms with Gasteiger partial charge in [0.2, 0.25) is 5.88 Å². The van der Waals surface area contributed by atoms with Crippen molar-refractivity contribution in [1.29, 1.82) is 0 Å². The lowest BCUT2D eigenvalue weighted by atomic mass is 9.95. The van der Waals surface area contributed by atoms with Crippen LogP contribution in [0.25, 0.3) is 11.4 Å². The SMILES string of the molecule is CCOc1c(C(=O)O)cnn1-c1cccc(C2=CCCC(C)=C2OCc2ccc3c(c2)CCN(C2COC2)CC3)n1. The molecular formula is C32H36N4O5. The number of carboxylic acid groups (broad SMARTS) is 1. The van der Waals surface area contributed by atoms with Crippen LogP contribution in [0.4, 0.5) is 0 Å². The highest BCUT2D eigenvalue weighted by atomic mass is 16.5. The van der Waals surface area contributed by atoms with Crippen LogP contribution >= 0.6 is 0 Å². The maximum atomic E-state index is 11.7. The molecule has 1 aromatic carbocycles. The van der Waals surface area contributed by atoms with Crippen LogP contribution in [0.15, 0.2) is 60.0 Å². The maximum absolute atomic E-state index is 11.7. The van der Waals surface area contributed by atoms with E-state index in [0.29, 0.717) is 25.1 Å². The largest absolute Gasteiger partial charge is 0.488 e. The molecule has 0 bridgehead atoms. The number of ether oxygens (including phenoxy) is 3. The molecule has 0 radical (unpaired) electrons. The van der Waals surface area contributed by atoms with Crippen LogP contribution in [0.1, 0.15) is 59.4 Å². The number of aromatic nitrogens is 3. The van der Waals surface area contributed by atoms with E-state index in [1.54, 1.807) is 13.0 Å². The second kappa shape index (κ2) is 11.9. The first-order chi connectivity index (χ1) is 20.0. The van der Waals surface area contributed by atoms with Crippen molar-refractivity contribution in [2.75, 3.05) is 32.9 Å². The molecule has 2 aliphatic heterocycles. The summed E-state index contributed by atoms with van der Waals surface area (Å²) in [5.41, 5.74) is 6.88. The number of allylic oxidation sites excluding steroid dienone is 3. The molecule has 6 rings (SSSR count). The second-order valence-corrected chi connectivity index (χ2v) is 10.8. The summed E-state index contributed by atoms with van der Waals surface area (Å²) >= 11 is 0. The van der Waals surface area contributed by atoms with E-state index in [0.717, 1.165) is 74.6 Å². The predicted octanol–water partition coefficient (Wildman–Crippen LogP) is 4.83. The number of carbonyl (C=O) groups is 1. The smallest absolute Gasteiger partial charge is 0.342 e. The standard InChI is InChI=1S/C32H36N4O5/c1-3-40-31-27(32(37)38)17-33-36(31)29-9-5-8-28(34-29)26-7-4-6-21(2)30(26)41-18-22-10-11-23-12-14-35(25-19-39-20-25)15-13-24(23)16-22/h5,7-11,16-17,25H,3-4,6,12-15,18-20H2,1-2H3,(H,37,38). The average molecular weight is 557 g/mol. The zero-order valence-corrected chi connectivity index (χ0v) is 23.6. The second-order valence-electron chi connectivity index (χ2n) is 10.8. The van der Waals surface area contributed by atoms with Gasteiger partial charge >= 0.3 is 5.97 Å². The Kier molecular flexibility index (Phi) is 7.89. The highest BCUT2D eigenvalue weighted by Gasteiger charge is 2.27. The molecule has 9 nitrogen and oxygen atoms in total. The van der Waals surface area contributed by atoms with Gasteiger partial charge in [0.25, 0.3) is 0 Å². The maximum Gasteiger partial charge on any atom is 0.342 e. The van der Waals surface area contributed by atoms with Crippen molar-refractivity contribution in [3.63, 3.8) is 0 Å². The molecule has 0 unspecified atom stereocenters. The molecule has 1 N–H and O–H groups in total. The van der Waals surface area contributed by atoms with Crippen LogP contribution < -0.4 is 4.74 Å². The molecule has 9 heteroatoms. The lowest BCUT2D eigenvalue weighted by Gasteiger charge is -2.36. The van der Waals surface area contributed by atoms with Gasteiger partial charge < -0.3 is 19.3 Å². The fraction of sp³-hybridized carbons (Fsp3) is 0.406. The predicted molar refractivity (Wildman–Crippen MR) is 154 cm³/mol. The van der Waals surface area contributed by atoms with Gasteiger partial charge in [0.15, 0.2) is 5.82 Å². The van der Waals surface area contributed by atoms with Crippen LogP contribution in [-0.4, -0.2) is 69.7 Å². The quantitative estimate of drug-likeness (QED) is 0.400. The fourth-order valence-electron chi connectivity index (χ4n) is 5.75. The summed E-state index contributed by atoms with van der Waals surface area (Å²) in [5.74, 6) is 0.403. The molecule has 4 heterocycles. The summed E-state index contributed by atoms with van der Waals surface area (Å²) in [4.78, 5) is 19.1. The summed E-state index contributed by atoms with van der Waals surface area (Å²) in [6, 6.07) is 13.0. The minimum absolute atomic E-state index is 0.00112. The molecule has 1 fully saturated rings. The summed E-state index contributed by atoms with van der Waals surface area (Å²) < 4.78 is 19.0. The number of benzene rings is 1. The molecule has 1 saturated heterocycles. The van der Waals surface area contributed by atoms with E-state index < -0.39 is 5.97 Å². The molecule has 0 saturated carbocycles. The lowest BCUT2D eigenvalue weighted by molar-refractivity contribution is -0.0634. The monoisotopic (exact) mass is 556 g/mol. The van der Waals surface area contributed by atoms with Crippen molar-refractivity contribution in [2.45, 2.75) is 52.2 Å². The Hall–Kier alpha value is -3.95. The van der Waals surface area contributed by atoms with Crippen LogP contribution in [0.5, 0.6) is 5.88 Å². The zero-order valence-electron chi connectivity index (χ0n) is 23.6. The van der Waals surface area contributed by atoms with Crippen LogP contribution in [0, 0.1) is 0 Å². The molecular weight excluding hydrogens is 520 g/mol. The van der Waals surface area contributed by atoms with E-state index >= 15 is 0 Å². The molecule has 0 spiro atoms. The van der Waals surface area contributed by atoms with E-state index in [1.807, 2.05) is 12.1 Å². The number of fused-ring (bicyclic) bond motifs is 1. The van der Waals surface area contributed by atoms with Gasteiger partial charge in [0.05, 0.1) is 37.8 Å². The van der Waals surface area contributed by atoms with Crippen molar-refractivity contribution >= 4 is 11.5 Å². The molecule has 0 atom stereocenters. The average Bonchev–Trinajstić information content (AvgIpc) is 3.26. The number of rotatable bonds is 9. The first-order valence-electron chi connectivity index (χ1n) is 14.4. The molecule has 3 aliphatic rings. The Labute approximate surface area is 240 Å². The zero-order chi connectivity index (χ0) is 28.3. The van der Waals surface area contributed by atoms with Gasteiger partial charge in [-0.15, -0.1) is 0 Å². The van der Waals surface area contributed by atoms with Gasteiger partial charge in [-0.2, -0.15) is 9.78 Å². The molecule has 2 aromatic heterocycles. The van der Waals surface area contributed by atoms with Crippen molar-refractivity contribution in [2.24, 2.45) is 0 Å². The van der Waals surface area contributed by atoms with E-state index in [2.05, 4.69) is 41.2 Å². The van der Waals surface area contributed by atoms with Gasteiger partial charge in [-0.1, -0.05) is 30.3 Å². The third-order valence-corrected chi connectivity index (χ3v) is 8.09. The Morgan fingerprint density at radius 3 is 2.68 bits per heavy atom. The number of carboxylic acids is 1. The van der Waals surface area contributed by atoms with E-state index in [9.17, 15) is 9.90 Å². The van der Waals surface area contributed by atoms with Gasteiger partial charge in [-0.05, 0) is 73.9 Å². The topological polar surface area (TPSA) is 98.9 Å². The molecule has 41 heavy (non-hydrogen) atoms. The number of aromatic carboxylic acids is 1. The van der Waals surface area contributed by atoms with Crippen molar-refractivity contribution < 1.29 is 24.1 Å². The minimum atomic E-state index is -1.09. The normalized spacial score (nSPS) is 17.9. The summed E-state index contributed by atoms with van der Waals surface area (Å²) in [7, 11) is 0. The van der Waals surface area contributed by atoms with Gasteiger partial charge in [0.1, 0.15) is 17.9 Å². The molecule has 1 aliphatic carbocycles. The van der Waals surface area contributed by atoms with E-state index in [4.69, 9.17) is 19.2 Å². The summed E-state index contributed by atoms with van der Waals surface area (Å²) in [6.07, 6.45) is 7.40. The third-order valence-electron chi connectivity index (χ3n) is 8.09. The minimum Gasteiger partial charge on any atom is -0.488 e. The highest BCUT2D eigenvalue weighted by molar-refractivity contribution is 5.90. The Balaban J connectivity index is 1.20. The number of pyridine rings is 1. The first-order valence-corrected chi connectivity index (χ1v) is 14.4. The van der Waals surface area contributed by atoms with Gasteiger partial charge in [-0.25, -0.2) is 9.78 Å². The summed E-state index contributed by atoms with van der Waals surface area (Å²) in [5, 5.41) is 13.8. The Morgan fingerprint density at radius 2 is 1.93 bits per heavy atom. The van der Waals surface area contributed by atoms with E-state index in [-0.39, 0.29) is 11.4 Å². The van der Waals surface area contributed by atoms with Gasteiger partial charge in [0, 0.05) is 18.7 Å². The van der Waals surface area contributed by atoms with Crippen molar-refractivity contribution in [3.8, 4) is 11.7 Å². The Morgan fingerprint density at radius 1 is 1.10 bits per heavy atom. The number of nitrogens with zero attached hydrogens (tertiary/aromatic N) is 4. The summed E-state index contributed by atoms with van der Waals surface area (Å²) in [6.45, 7) is 8.58. The molecule has 0 amide bonds. The fourth-order valence-corrected chi connectivity index (χ4v) is 5.75. The number of hydrogen-bond acceptors (Lipinski definition) is 7. The number of hydrogen-bond donors (Lipinski definition) is 1. The molecule has 3 aromatic rings. The van der Waals surface area contributed by atoms with Crippen molar-refractivity contribution in [1.82, 2.24) is 19.7 Å². The lowest BCUT2D eigenvalue weighted by Crippen LogP contribution is -2.49. The highest BCUT2D eigenvalue weighted by Crippen LogP contribution is 2.34. The van der Waals surface area contributed by atoms with Gasteiger partial charge in [-0.3, -0.25) is 4.90 Å². The van der Waals surface area contributed by atoms with Crippen molar-refractivity contribution in [3.05, 3.63) is 88.0 Å². The van der Waals surface area contributed by atoms with Crippen LogP contribution in [0.3, 0.4) is 0 Å².